The maximum Gasteiger partial charge on any atom is 0.317 e. The number of nitrogens with one attached hydrogen (secondary N) is 1. The largest absolute Gasteiger partial charge is 0.481 e. The van der Waals surface area contributed by atoms with Crippen LogP contribution in [0.1, 0.15) is 31.3 Å². The zero-order valence-electron chi connectivity index (χ0n) is 12.3. The summed E-state index contributed by atoms with van der Waals surface area (Å²) in [6.45, 7) is 4.67. The maximum atomic E-state index is 12.1. The van der Waals surface area contributed by atoms with Gasteiger partial charge in [-0.3, -0.25) is 4.79 Å². The predicted molar refractivity (Wildman–Crippen MR) is 75.6 cm³/mol. The number of urea groups is 1. The Hall–Kier alpha value is -2.18. The van der Waals surface area contributed by atoms with E-state index in [1.807, 2.05) is 6.92 Å². The fourth-order valence-corrected chi connectivity index (χ4v) is 2.54. The molecule has 7 nitrogen and oxygen atoms in total. The van der Waals surface area contributed by atoms with Gasteiger partial charge in [-0.05, 0) is 25.8 Å². The smallest absolute Gasteiger partial charge is 0.317 e. The molecule has 1 saturated heterocycles. The van der Waals surface area contributed by atoms with Crippen molar-refractivity contribution in [3.8, 4) is 0 Å². The van der Waals surface area contributed by atoms with Crippen LogP contribution in [0.15, 0.2) is 12.3 Å². The van der Waals surface area contributed by atoms with Gasteiger partial charge >= 0.3 is 12.0 Å². The van der Waals surface area contributed by atoms with Crippen LogP contribution >= 0.6 is 0 Å². The molecule has 0 radical (unpaired) electrons. The van der Waals surface area contributed by atoms with E-state index in [4.69, 9.17) is 0 Å². The molecule has 1 aliphatic rings. The highest BCUT2D eigenvalue weighted by Crippen LogP contribution is 2.34. The van der Waals surface area contributed by atoms with E-state index >= 15 is 0 Å². The first-order valence-electron chi connectivity index (χ1n) is 7.01. The number of aliphatic carboxylic acids is 1. The van der Waals surface area contributed by atoms with Crippen molar-refractivity contribution in [2.45, 2.75) is 33.2 Å². The molecule has 2 N–H and O–H groups in total. The summed E-state index contributed by atoms with van der Waals surface area (Å²) in [5, 5.41) is 12.1. The van der Waals surface area contributed by atoms with Gasteiger partial charge in [-0.25, -0.2) is 14.8 Å². The van der Waals surface area contributed by atoms with Crippen LogP contribution in [-0.4, -0.2) is 45.1 Å². The lowest BCUT2D eigenvalue weighted by molar-refractivity contribution is -0.148. The van der Waals surface area contributed by atoms with Crippen molar-refractivity contribution in [2.75, 3.05) is 13.1 Å². The zero-order chi connectivity index (χ0) is 15.5. The zero-order valence-corrected chi connectivity index (χ0v) is 12.3. The van der Waals surface area contributed by atoms with Gasteiger partial charge in [-0.15, -0.1) is 0 Å². The van der Waals surface area contributed by atoms with Gasteiger partial charge in [-0.1, -0.05) is 6.92 Å². The third-order valence-electron chi connectivity index (χ3n) is 4.03. The van der Waals surface area contributed by atoms with E-state index < -0.39 is 11.4 Å². The highest BCUT2D eigenvalue weighted by Gasteiger charge is 2.44. The lowest BCUT2D eigenvalue weighted by Crippen LogP contribution is -2.41. The number of aryl methyl sites for hydroxylation is 1. The van der Waals surface area contributed by atoms with Gasteiger partial charge in [0.05, 0.1) is 17.7 Å². The molecule has 0 aromatic carbocycles. The summed E-state index contributed by atoms with van der Waals surface area (Å²) in [5.74, 6) is -0.175. The van der Waals surface area contributed by atoms with Gasteiger partial charge in [-0.2, -0.15) is 0 Å². The Morgan fingerprint density at radius 3 is 2.86 bits per heavy atom. The molecule has 1 aromatic rings. The number of nitrogens with zero attached hydrogens (tertiary/aromatic N) is 3. The molecule has 0 saturated carbocycles. The van der Waals surface area contributed by atoms with Crippen molar-refractivity contribution in [3.05, 3.63) is 23.8 Å². The minimum Gasteiger partial charge on any atom is -0.481 e. The molecule has 1 fully saturated rings. The molecule has 21 heavy (non-hydrogen) atoms. The van der Waals surface area contributed by atoms with Crippen LogP contribution < -0.4 is 5.32 Å². The van der Waals surface area contributed by atoms with Gasteiger partial charge in [0.25, 0.3) is 0 Å². The van der Waals surface area contributed by atoms with E-state index in [0.29, 0.717) is 31.8 Å². The molecular weight excluding hydrogens is 272 g/mol. The number of rotatable bonds is 4. The average molecular weight is 292 g/mol. The van der Waals surface area contributed by atoms with E-state index in [1.165, 1.54) is 0 Å². The Morgan fingerprint density at radius 1 is 1.52 bits per heavy atom. The number of carboxylic acid groups (broad SMARTS) is 1. The third kappa shape index (κ3) is 3.29. The van der Waals surface area contributed by atoms with Crippen molar-refractivity contribution in [2.24, 2.45) is 5.41 Å². The molecule has 0 bridgehead atoms. The van der Waals surface area contributed by atoms with Gasteiger partial charge in [0.1, 0.15) is 5.82 Å². The molecule has 2 rings (SSSR count). The Labute approximate surface area is 123 Å². The lowest BCUT2D eigenvalue weighted by Gasteiger charge is -2.23. The van der Waals surface area contributed by atoms with E-state index in [2.05, 4.69) is 15.3 Å². The van der Waals surface area contributed by atoms with Gasteiger partial charge < -0.3 is 15.3 Å². The quantitative estimate of drug-likeness (QED) is 0.869. The first-order valence-corrected chi connectivity index (χ1v) is 7.01. The maximum absolute atomic E-state index is 12.1. The fourth-order valence-electron chi connectivity index (χ4n) is 2.54. The minimum absolute atomic E-state index is 0.247. The van der Waals surface area contributed by atoms with Gasteiger partial charge in [0.2, 0.25) is 0 Å². The minimum atomic E-state index is -0.827. The molecule has 0 spiro atoms. The van der Waals surface area contributed by atoms with Gasteiger partial charge in [0.15, 0.2) is 0 Å². The third-order valence-corrected chi connectivity index (χ3v) is 4.03. The molecule has 2 heterocycles. The summed E-state index contributed by atoms with van der Waals surface area (Å²) in [6, 6.07) is 1.49. The van der Waals surface area contributed by atoms with E-state index in [-0.39, 0.29) is 12.6 Å². The Kier molecular flexibility index (Phi) is 4.40. The lowest BCUT2D eigenvalue weighted by atomic mass is 9.84. The first kappa shape index (κ1) is 15.2. The molecule has 1 aliphatic heterocycles. The fraction of sp³-hybridized carbons (Fsp3) is 0.571. The molecule has 1 aromatic heterocycles. The van der Waals surface area contributed by atoms with Crippen LogP contribution in [0, 0.1) is 12.3 Å². The molecule has 2 amide bonds. The van der Waals surface area contributed by atoms with E-state index in [0.717, 1.165) is 5.69 Å². The van der Waals surface area contributed by atoms with Crippen LogP contribution in [0.5, 0.6) is 0 Å². The molecule has 0 aliphatic carbocycles. The standard InChI is InChI=1S/C14H20N4O3/c1-3-14(12(19)20)5-7-18(9-14)13(21)16-8-11-4-6-15-10(2)17-11/h4,6H,3,5,7-9H2,1-2H3,(H,16,21)(H,19,20). The van der Waals surface area contributed by atoms with Crippen molar-refractivity contribution in [3.63, 3.8) is 0 Å². The summed E-state index contributed by atoms with van der Waals surface area (Å²) in [4.78, 5) is 33.2. The van der Waals surface area contributed by atoms with Crippen LogP contribution in [0.2, 0.25) is 0 Å². The molecular formula is C14H20N4O3. The molecule has 114 valence electrons. The first-order chi connectivity index (χ1) is 9.97. The summed E-state index contributed by atoms with van der Waals surface area (Å²) in [6.07, 6.45) is 2.67. The molecule has 1 atom stereocenters. The van der Waals surface area contributed by atoms with Crippen LogP contribution in [0.3, 0.4) is 0 Å². The number of carboxylic acids is 1. The topological polar surface area (TPSA) is 95.4 Å². The summed E-state index contributed by atoms with van der Waals surface area (Å²) >= 11 is 0. The highest BCUT2D eigenvalue weighted by atomic mass is 16.4. The molecule has 7 heteroatoms. The number of hydrogen-bond donors (Lipinski definition) is 2. The monoisotopic (exact) mass is 292 g/mol. The number of carbonyl (C=O) groups is 2. The summed E-state index contributed by atoms with van der Waals surface area (Å²) in [7, 11) is 0. The number of carbonyl (C=O) groups excluding carboxylic acids is 1. The Balaban J connectivity index is 1.92. The number of hydrogen-bond acceptors (Lipinski definition) is 4. The van der Waals surface area contributed by atoms with Crippen LogP contribution in [-0.2, 0) is 11.3 Å². The second kappa shape index (κ2) is 6.07. The normalized spacial score (nSPS) is 21.3. The number of amides is 2. The van der Waals surface area contributed by atoms with Crippen LogP contribution in [0.4, 0.5) is 4.79 Å². The Bertz CT molecular complexity index is 549. The summed E-state index contributed by atoms with van der Waals surface area (Å²) < 4.78 is 0. The van der Waals surface area contributed by atoms with E-state index in [1.54, 1.807) is 24.1 Å². The van der Waals surface area contributed by atoms with Crippen molar-refractivity contribution < 1.29 is 14.7 Å². The van der Waals surface area contributed by atoms with Gasteiger partial charge in [0, 0.05) is 19.3 Å². The van der Waals surface area contributed by atoms with Crippen molar-refractivity contribution in [1.29, 1.82) is 0 Å². The highest BCUT2D eigenvalue weighted by molar-refractivity contribution is 5.79. The SMILES string of the molecule is CCC1(C(=O)O)CCN(C(=O)NCc2ccnc(C)n2)C1. The second-order valence-corrected chi connectivity index (χ2v) is 5.36. The summed E-state index contributed by atoms with van der Waals surface area (Å²) in [5.41, 5.74) is -0.0712. The predicted octanol–water partition coefficient (Wildman–Crippen LogP) is 1.18. The number of likely N-dealkylation sites (tertiary alicyclic amines) is 1. The molecule has 1 unspecified atom stereocenters. The number of aromatic nitrogens is 2. The Morgan fingerprint density at radius 2 is 2.29 bits per heavy atom. The average Bonchev–Trinajstić information content (AvgIpc) is 2.91. The van der Waals surface area contributed by atoms with Crippen LogP contribution in [0.25, 0.3) is 0 Å². The van der Waals surface area contributed by atoms with Crippen molar-refractivity contribution in [1.82, 2.24) is 20.2 Å². The second-order valence-electron chi connectivity index (χ2n) is 5.36. The van der Waals surface area contributed by atoms with Crippen molar-refractivity contribution >= 4 is 12.0 Å². The van der Waals surface area contributed by atoms with E-state index in [9.17, 15) is 14.7 Å².